The average molecular weight is 214 g/mol. The molecular formula is C13H26O2. The van der Waals surface area contributed by atoms with Crippen LogP contribution in [0.3, 0.4) is 0 Å². The molecule has 4 unspecified atom stereocenters. The quantitative estimate of drug-likeness (QED) is 0.709. The van der Waals surface area contributed by atoms with Gasteiger partial charge in [0.05, 0.1) is 5.60 Å². The zero-order valence-electron chi connectivity index (χ0n) is 10.4. The maximum absolute atomic E-state index is 10.5. The third-order valence-electron chi connectivity index (χ3n) is 3.98. The molecule has 0 aromatic rings. The molecule has 1 aliphatic carbocycles. The van der Waals surface area contributed by atoms with Crippen LogP contribution in [0.15, 0.2) is 0 Å². The molecule has 2 heteroatoms. The molecule has 0 aromatic carbocycles. The van der Waals surface area contributed by atoms with Gasteiger partial charge in [-0.3, -0.25) is 0 Å². The van der Waals surface area contributed by atoms with E-state index in [1.54, 1.807) is 0 Å². The molecule has 1 aliphatic rings. The van der Waals surface area contributed by atoms with E-state index in [2.05, 4.69) is 20.8 Å². The van der Waals surface area contributed by atoms with Gasteiger partial charge in [0.25, 0.3) is 0 Å². The highest BCUT2D eigenvalue weighted by Gasteiger charge is 2.35. The van der Waals surface area contributed by atoms with Gasteiger partial charge >= 0.3 is 0 Å². The molecule has 0 amide bonds. The summed E-state index contributed by atoms with van der Waals surface area (Å²) >= 11 is 0. The standard InChI is InChI=1S/C13H26O2/c1-10-7-11(2)12(3)9-13(15,8-10)5-4-6-14/h10-12,14-15H,4-9H2,1-3H3. The van der Waals surface area contributed by atoms with E-state index in [0.717, 1.165) is 25.7 Å². The van der Waals surface area contributed by atoms with E-state index in [0.29, 0.717) is 17.8 Å². The average Bonchev–Trinajstić information content (AvgIpc) is 2.22. The Labute approximate surface area is 93.7 Å². The van der Waals surface area contributed by atoms with E-state index in [1.807, 2.05) is 0 Å². The molecule has 0 spiro atoms. The highest BCUT2D eigenvalue weighted by molar-refractivity contribution is 4.87. The summed E-state index contributed by atoms with van der Waals surface area (Å²) < 4.78 is 0. The molecule has 4 atom stereocenters. The highest BCUT2D eigenvalue weighted by atomic mass is 16.3. The number of aliphatic hydroxyl groups is 2. The molecule has 0 bridgehead atoms. The summed E-state index contributed by atoms with van der Waals surface area (Å²) in [6.07, 6.45) is 4.51. The van der Waals surface area contributed by atoms with Gasteiger partial charge in [-0.15, -0.1) is 0 Å². The summed E-state index contributed by atoms with van der Waals surface area (Å²) in [7, 11) is 0. The largest absolute Gasteiger partial charge is 0.396 e. The smallest absolute Gasteiger partial charge is 0.0653 e. The van der Waals surface area contributed by atoms with Crippen LogP contribution < -0.4 is 0 Å². The van der Waals surface area contributed by atoms with Gasteiger partial charge in [-0.05, 0) is 49.9 Å². The Hall–Kier alpha value is -0.0800. The van der Waals surface area contributed by atoms with Gasteiger partial charge in [-0.2, -0.15) is 0 Å². The summed E-state index contributed by atoms with van der Waals surface area (Å²) in [5.41, 5.74) is -0.522. The molecule has 1 rings (SSSR count). The molecule has 15 heavy (non-hydrogen) atoms. The minimum atomic E-state index is -0.522. The van der Waals surface area contributed by atoms with Gasteiger partial charge in [0, 0.05) is 6.61 Å². The van der Waals surface area contributed by atoms with Crippen molar-refractivity contribution in [3.63, 3.8) is 0 Å². The summed E-state index contributed by atoms with van der Waals surface area (Å²) in [6.45, 7) is 6.96. The highest BCUT2D eigenvalue weighted by Crippen LogP contribution is 2.39. The van der Waals surface area contributed by atoms with E-state index in [9.17, 15) is 5.11 Å². The van der Waals surface area contributed by atoms with Crippen LogP contribution in [0.2, 0.25) is 0 Å². The maximum atomic E-state index is 10.5. The van der Waals surface area contributed by atoms with Crippen molar-refractivity contribution in [1.82, 2.24) is 0 Å². The lowest BCUT2D eigenvalue weighted by Gasteiger charge is -2.30. The number of rotatable bonds is 3. The predicted molar refractivity (Wildman–Crippen MR) is 62.6 cm³/mol. The molecular weight excluding hydrogens is 188 g/mol. The second kappa shape index (κ2) is 5.31. The zero-order valence-corrected chi connectivity index (χ0v) is 10.4. The maximum Gasteiger partial charge on any atom is 0.0653 e. The first kappa shape index (κ1) is 13.0. The number of aliphatic hydroxyl groups excluding tert-OH is 1. The Morgan fingerprint density at radius 3 is 2.40 bits per heavy atom. The zero-order chi connectivity index (χ0) is 11.5. The Morgan fingerprint density at radius 1 is 1.13 bits per heavy atom. The third-order valence-corrected chi connectivity index (χ3v) is 3.98. The van der Waals surface area contributed by atoms with Crippen molar-refractivity contribution in [2.75, 3.05) is 6.61 Å². The lowest BCUT2D eigenvalue weighted by molar-refractivity contribution is -0.00782. The SMILES string of the molecule is CC1CC(C)C(C)CC(O)(CCCO)C1. The van der Waals surface area contributed by atoms with E-state index < -0.39 is 5.60 Å². The molecule has 1 saturated carbocycles. The molecule has 1 fully saturated rings. The molecule has 0 radical (unpaired) electrons. The fourth-order valence-electron chi connectivity index (χ4n) is 3.10. The van der Waals surface area contributed by atoms with Crippen molar-refractivity contribution >= 4 is 0 Å². The van der Waals surface area contributed by atoms with Crippen molar-refractivity contribution in [2.24, 2.45) is 17.8 Å². The second-order valence-corrected chi connectivity index (χ2v) is 5.76. The molecule has 2 nitrogen and oxygen atoms in total. The van der Waals surface area contributed by atoms with Crippen molar-refractivity contribution < 1.29 is 10.2 Å². The van der Waals surface area contributed by atoms with E-state index in [4.69, 9.17) is 5.11 Å². The van der Waals surface area contributed by atoms with Gasteiger partial charge in [0.2, 0.25) is 0 Å². The lowest BCUT2D eigenvalue weighted by Crippen LogP contribution is -2.31. The minimum Gasteiger partial charge on any atom is -0.396 e. The second-order valence-electron chi connectivity index (χ2n) is 5.76. The summed E-state index contributed by atoms with van der Waals surface area (Å²) in [5.74, 6) is 1.91. The summed E-state index contributed by atoms with van der Waals surface area (Å²) in [4.78, 5) is 0. The lowest BCUT2D eigenvalue weighted by atomic mass is 9.83. The summed E-state index contributed by atoms with van der Waals surface area (Å²) in [5, 5.41) is 19.4. The van der Waals surface area contributed by atoms with Crippen LogP contribution >= 0.6 is 0 Å². The number of hydrogen-bond acceptors (Lipinski definition) is 2. The van der Waals surface area contributed by atoms with Crippen LogP contribution in [-0.2, 0) is 0 Å². The summed E-state index contributed by atoms with van der Waals surface area (Å²) in [6, 6.07) is 0. The fraction of sp³-hybridized carbons (Fsp3) is 1.00. The van der Waals surface area contributed by atoms with Crippen molar-refractivity contribution in [2.45, 2.75) is 58.5 Å². The molecule has 90 valence electrons. The van der Waals surface area contributed by atoms with Gasteiger partial charge in [-0.25, -0.2) is 0 Å². The van der Waals surface area contributed by atoms with Gasteiger partial charge in [0.15, 0.2) is 0 Å². The Kier molecular flexibility index (Phi) is 4.60. The van der Waals surface area contributed by atoms with E-state index >= 15 is 0 Å². The first-order chi connectivity index (χ1) is 6.97. The van der Waals surface area contributed by atoms with Crippen LogP contribution in [0.4, 0.5) is 0 Å². The van der Waals surface area contributed by atoms with Crippen LogP contribution in [0, 0.1) is 17.8 Å². The van der Waals surface area contributed by atoms with Crippen molar-refractivity contribution in [3.8, 4) is 0 Å². The monoisotopic (exact) mass is 214 g/mol. The van der Waals surface area contributed by atoms with Gasteiger partial charge in [-0.1, -0.05) is 20.8 Å². The molecule has 0 heterocycles. The normalized spacial score (nSPS) is 42.6. The van der Waals surface area contributed by atoms with Crippen molar-refractivity contribution in [3.05, 3.63) is 0 Å². The molecule has 2 N–H and O–H groups in total. The predicted octanol–water partition coefficient (Wildman–Crippen LogP) is 2.58. The first-order valence-electron chi connectivity index (χ1n) is 6.30. The fourth-order valence-corrected chi connectivity index (χ4v) is 3.10. The molecule has 0 aliphatic heterocycles. The Morgan fingerprint density at radius 2 is 1.80 bits per heavy atom. The van der Waals surface area contributed by atoms with Gasteiger partial charge in [0.1, 0.15) is 0 Å². The van der Waals surface area contributed by atoms with E-state index in [-0.39, 0.29) is 6.61 Å². The third kappa shape index (κ3) is 3.76. The van der Waals surface area contributed by atoms with Crippen LogP contribution in [0.1, 0.15) is 52.9 Å². The molecule has 0 aromatic heterocycles. The van der Waals surface area contributed by atoms with Crippen molar-refractivity contribution in [1.29, 1.82) is 0 Å². The minimum absolute atomic E-state index is 0.195. The van der Waals surface area contributed by atoms with Crippen LogP contribution in [-0.4, -0.2) is 22.4 Å². The van der Waals surface area contributed by atoms with E-state index in [1.165, 1.54) is 6.42 Å². The Bertz CT molecular complexity index is 193. The Balaban J connectivity index is 2.63. The first-order valence-corrected chi connectivity index (χ1v) is 6.30. The topological polar surface area (TPSA) is 40.5 Å². The number of hydrogen-bond donors (Lipinski definition) is 2. The van der Waals surface area contributed by atoms with Crippen LogP contribution in [0.5, 0.6) is 0 Å². The van der Waals surface area contributed by atoms with Gasteiger partial charge < -0.3 is 10.2 Å². The molecule has 0 saturated heterocycles. The van der Waals surface area contributed by atoms with Crippen LogP contribution in [0.25, 0.3) is 0 Å².